The maximum absolute atomic E-state index is 9.10. The molecule has 0 heterocycles. The Balaban J connectivity index is 2.15. The molecule has 0 aliphatic heterocycles. The summed E-state index contributed by atoms with van der Waals surface area (Å²) >= 11 is 0. The van der Waals surface area contributed by atoms with E-state index in [9.17, 15) is 0 Å². The predicted octanol–water partition coefficient (Wildman–Crippen LogP) is 2.85. The Morgan fingerprint density at radius 1 is 0.750 bits per heavy atom. The van der Waals surface area contributed by atoms with Gasteiger partial charge in [-0.25, -0.2) is 0 Å². The summed E-state index contributed by atoms with van der Waals surface area (Å²) in [5.74, 6) is 0.463. The number of phenols is 2. The molecule has 2 aromatic rings. The summed E-state index contributed by atoms with van der Waals surface area (Å²) in [5, 5.41) is 18.2. The molecule has 16 heavy (non-hydrogen) atoms. The second-order valence-corrected chi connectivity index (χ2v) is 3.37. The third-order valence-electron chi connectivity index (χ3n) is 2.11. The molecular formula is C13H11NO2. The van der Waals surface area contributed by atoms with E-state index in [0.29, 0.717) is 0 Å². The number of nitrogens with zero attached hydrogens (tertiary/aromatic N) is 1. The van der Waals surface area contributed by atoms with E-state index in [2.05, 4.69) is 4.99 Å². The van der Waals surface area contributed by atoms with Crippen LogP contribution < -0.4 is 0 Å². The van der Waals surface area contributed by atoms with Crippen molar-refractivity contribution in [1.82, 2.24) is 0 Å². The summed E-state index contributed by atoms with van der Waals surface area (Å²) in [6.07, 6.45) is 1.70. The highest BCUT2D eigenvalue weighted by Gasteiger charge is 1.91. The van der Waals surface area contributed by atoms with Crippen LogP contribution >= 0.6 is 0 Å². The SMILES string of the molecule is Oc1ccc(C=Nc2ccc(O)cc2)cc1. The predicted molar refractivity (Wildman–Crippen MR) is 63.5 cm³/mol. The van der Waals surface area contributed by atoms with Gasteiger partial charge in [-0.05, 0) is 54.1 Å². The van der Waals surface area contributed by atoms with E-state index in [-0.39, 0.29) is 11.5 Å². The van der Waals surface area contributed by atoms with Crippen molar-refractivity contribution in [1.29, 1.82) is 0 Å². The Bertz CT molecular complexity index is 439. The Kier molecular flexibility index (Phi) is 2.87. The first-order chi connectivity index (χ1) is 7.74. The van der Waals surface area contributed by atoms with Crippen LogP contribution in [0.5, 0.6) is 11.5 Å². The highest BCUT2D eigenvalue weighted by molar-refractivity contribution is 5.82. The number of rotatable bonds is 2. The molecule has 0 amide bonds. The Morgan fingerprint density at radius 2 is 1.25 bits per heavy atom. The molecule has 2 N–H and O–H groups in total. The van der Waals surface area contributed by atoms with Crippen LogP contribution in [0.25, 0.3) is 0 Å². The molecular weight excluding hydrogens is 202 g/mol. The summed E-state index contributed by atoms with van der Waals surface area (Å²) in [6.45, 7) is 0. The van der Waals surface area contributed by atoms with Crippen LogP contribution in [0, 0.1) is 0 Å². The lowest BCUT2D eigenvalue weighted by atomic mass is 10.2. The van der Waals surface area contributed by atoms with Crippen molar-refractivity contribution < 1.29 is 10.2 Å². The maximum atomic E-state index is 9.10. The molecule has 3 heteroatoms. The van der Waals surface area contributed by atoms with Crippen LogP contribution in [0.1, 0.15) is 5.56 Å². The van der Waals surface area contributed by atoms with Gasteiger partial charge in [0.25, 0.3) is 0 Å². The van der Waals surface area contributed by atoms with Crippen molar-refractivity contribution in [2.24, 2.45) is 4.99 Å². The Labute approximate surface area is 93.3 Å². The molecule has 3 nitrogen and oxygen atoms in total. The molecule has 80 valence electrons. The highest BCUT2D eigenvalue weighted by Crippen LogP contribution is 2.16. The molecule has 2 rings (SSSR count). The third-order valence-corrected chi connectivity index (χ3v) is 2.11. The second kappa shape index (κ2) is 4.49. The molecule has 0 bridgehead atoms. The summed E-state index contributed by atoms with van der Waals surface area (Å²) in [4.78, 5) is 4.23. The molecule has 0 saturated heterocycles. The molecule has 0 aromatic heterocycles. The van der Waals surface area contributed by atoms with E-state index in [1.807, 2.05) is 0 Å². The number of hydrogen-bond acceptors (Lipinski definition) is 3. The van der Waals surface area contributed by atoms with Gasteiger partial charge >= 0.3 is 0 Å². The van der Waals surface area contributed by atoms with E-state index in [1.165, 1.54) is 0 Å². The number of hydrogen-bond donors (Lipinski definition) is 2. The lowest BCUT2D eigenvalue weighted by Crippen LogP contribution is -1.78. The van der Waals surface area contributed by atoms with E-state index < -0.39 is 0 Å². The maximum Gasteiger partial charge on any atom is 0.115 e. The van der Waals surface area contributed by atoms with Gasteiger partial charge in [0.05, 0.1) is 5.69 Å². The summed E-state index contributed by atoms with van der Waals surface area (Å²) in [5.41, 5.74) is 1.68. The van der Waals surface area contributed by atoms with E-state index >= 15 is 0 Å². The Hall–Kier alpha value is -2.29. The van der Waals surface area contributed by atoms with Crippen molar-refractivity contribution >= 4 is 11.9 Å². The first kappa shape index (κ1) is 10.2. The monoisotopic (exact) mass is 213 g/mol. The number of aliphatic imine (C=N–C) groups is 1. The number of phenolic OH excluding ortho intramolecular Hbond substituents is 2. The van der Waals surface area contributed by atoms with Gasteiger partial charge in [0.2, 0.25) is 0 Å². The normalized spacial score (nSPS) is 10.8. The molecule has 0 radical (unpaired) electrons. The van der Waals surface area contributed by atoms with Gasteiger partial charge in [-0.2, -0.15) is 0 Å². The number of aromatic hydroxyl groups is 2. The van der Waals surface area contributed by atoms with Crippen LogP contribution in [-0.2, 0) is 0 Å². The van der Waals surface area contributed by atoms with Crippen molar-refractivity contribution in [2.75, 3.05) is 0 Å². The standard InChI is InChI=1S/C13H11NO2/c15-12-5-1-10(2-6-12)9-14-11-3-7-13(16)8-4-11/h1-9,15-16H. The molecule has 0 aliphatic rings. The van der Waals surface area contributed by atoms with Gasteiger partial charge < -0.3 is 10.2 Å². The zero-order chi connectivity index (χ0) is 11.4. The quantitative estimate of drug-likeness (QED) is 0.753. The molecule has 0 aliphatic carbocycles. The fraction of sp³-hybridized carbons (Fsp3) is 0. The summed E-state index contributed by atoms with van der Waals surface area (Å²) in [7, 11) is 0. The smallest absolute Gasteiger partial charge is 0.115 e. The molecule has 0 spiro atoms. The van der Waals surface area contributed by atoms with Gasteiger partial charge in [0.15, 0.2) is 0 Å². The first-order valence-electron chi connectivity index (χ1n) is 4.86. The fourth-order valence-corrected chi connectivity index (χ4v) is 1.25. The molecule has 2 aromatic carbocycles. The van der Waals surface area contributed by atoms with Crippen LogP contribution in [0.15, 0.2) is 53.5 Å². The zero-order valence-corrected chi connectivity index (χ0v) is 8.54. The minimum atomic E-state index is 0.226. The van der Waals surface area contributed by atoms with Crippen LogP contribution in [0.2, 0.25) is 0 Å². The van der Waals surface area contributed by atoms with Crippen molar-refractivity contribution in [3.63, 3.8) is 0 Å². The molecule has 0 unspecified atom stereocenters. The minimum absolute atomic E-state index is 0.226. The van der Waals surface area contributed by atoms with Gasteiger partial charge in [0.1, 0.15) is 11.5 Å². The van der Waals surface area contributed by atoms with Crippen LogP contribution in [0.4, 0.5) is 5.69 Å². The van der Waals surface area contributed by atoms with Crippen molar-refractivity contribution in [3.05, 3.63) is 54.1 Å². The Morgan fingerprint density at radius 3 is 1.81 bits per heavy atom. The van der Waals surface area contributed by atoms with Gasteiger partial charge in [-0.1, -0.05) is 0 Å². The van der Waals surface area contributed by atoms with Gasteiger partial charge in [-0.15, -0.1) is 0 Å². The lowest BCUT2D eigenvalue weighted by molar-refractivity contribution is 0.475. The van der Waals surface area contributed by atoms with Gasteiger partial charge in [0, 0.05) is 6.21 Å². The highest BCUT2D eigenvalue weighted by atomic mass is 16.3. The van der Waals surface area contributed by atoms with E-state index in [4.69, 9.17) is 10.2 Å². The van der Waals surface area contributed by atoms with Crippen LogP contribution in [-0.4, -0.2) is 16.4 Å². The fourth-order valence-electron chi connectivity index (χ4n) is 1.25. The molecule has 0 fully saturated rings. The number of benzene rings is 2. The van der Waals surface area contributed by atoms with E-state index in [1.54, 1.807) is 54.7 Å². The molecule has 0 atom stereocenters. The average molecular weight is 213 g/mol. The summed E-state index contributed by atoms with van der Waals surface area (Å²) in [6, 6.07) is 13.4. The van der Waals surface area contributed by atoms with Gasteiger partial charge in [-0.3, -0.25) is 4.99 Å². The first-order valence-corrected chi connectivity index (χ1v) is 4.86. The average Bonchev–Trinajstić information content (AvgIpc) is 2.30. The van der Waals surface area contributed by atoms with Crippen molar-refractivity contribution in [3.8, 4) is 11.5 Å². The third kappa shape index (κ3) is 2.60. The minimum Gasteiger partial charge on any atom is -0.508 e. The zero-order valence-electron chi connectivity index (χ0n) is 8.54. The van der Waals surface area contributed by atoms with Crippen LogP contribution in [0.3, 0.4) is 0 Å². The second-order valence-electron chi connectivity index (χ2n) is 3.37. The van der Waals surface area contributed by atoms with E-state index in [0.717, 1.165) is 11.3 Å². The topological polar surface area (TPSA) is 52.8 Å². The van der Waals surface area contributed by atoms with Crippen molar-refractivity contribution in [2.45, 2.75) is 0 Å². The largest absolute Gasteiger partial charge is 0.508 e. The summed E-state index contributed by atoms with van der Waals surface area (Å²) < 4.78 is 0. The lowest BCUT2D eigenvalue weighted by Gasteiger charge is -1.95. The molecule has 0 saturated carbocycles.